The van der Waals surface area contributed by atoms with E-state index in [4.69, 9.17) is 15.3 Å². The first kappa shape index (κ1) is 29.6. The molecule has 0 aliphatic carbocycles. The molecule has 182 valence electrons. The highest BCUT2D eigenvalue weighted by Gasteiger charge is 2.04. The highest BCUT2D eigenvalue weighted by molar-refractivity contribution is 5.91. The molecule has 32 heavy (non-hydrogen) atoms. The van der Waals surface area contributed by atoms with Gasteiger partial charge >= 0.3 is 17.9 Å². The summed E-state index contributed by atoms with van der Waals surface area (Å²) in [6.45, 7) is 2.27. The van der Waals surface area contributed by atoms with Gasteiger partial charge in [-0.05, 0) is 30.7 Å². The van der Waals surface area contributed by atoms with E-state index in [1.807, 2.05) is 0 Å². The van der Waals surface area contributed by atoms with Crippen LogP contribution in [0, 0.1) is 0 Å². The molecular weight excluding hydrogens is 408 g/mol. The fourth-order valence-electron chi connectivity index (χ4n) is 3.40. The van der Waals surface area contributed by atoms with Gasteiger partial charge in [0, 0.05) is 6.42 Å². The Balaban J connectivity index is 0.000000677. The molecule has 0 atom stereocenters. The fourth-order valence-corrected chi connectivity index (χ4v) is 3.40. The maximum absolute atomic E-state index is 10.3. The molecule has 3 N–H and O–H groups in total. The SMILES string of the molecule is CCCCCCCCCCCCCCCCCC(=O)O.O=C(O)c1ccc(C(=O)O)cc1. The molecular formula is C26H42O6. The second-order valence-corrected chi connectivity index (χ2v) is 8.28. The molecule has 1 aromatic rings. The van der Waals surface area contributed by atoms with Crippen LogP contribution in [0.2, 0.25) is 0 Å². The van der Waals surface area contributed by atoms with Gasteiger partial charge in [-0.3, -0.25) is 4.79 Å². The van der Waals surface area contributed by atoms with Gasteiger partial charge in [-0.25, -0.2) is 9.59 Å². The van der Waals surface area contributed by atoms with Crippen molar-refractivity contribution in [2.24, 2.45) is 0 Å². The molecule has 0 fully saturated rings. The zero-order valence-electron chi connectivity index (χ0n) is 19.7. The summed E-state index contributed by atoms with van der Waals surface area (Å²) in [6.07, 6.45) is 20.2. The van der Waals surface area contributed by atoms with Crippen molar-refractivity contribution >= 4 is 17.9 Å². The van der Waals surface area contributed by atoms with E-state index in [9.17, 15) is 14.4 Å². The Morgan fingerprint density at radius 1 is 0.531 bits per heavy atom. The van der Waals surface area contributed by atoms with Gasteiger partial charge in [-0.15, -0.1) is 0 Å². The van der Waals surface area contributed by atoms with Crippen LogP contribution < -0.4 is 0 Å². The maximum atomic E-state index is 10.3. The van der Waals surface area contributed by atoms with Crippen molar-refractivity contribution in [2.45, 2.75) is 110 Å². The van der Waals surface area contributed by atoms with Crippen LogP contribution >= 0.6 is 0 Å². The van der Waals surface area contributed by atoms with Crippen LogP contribution in [0.5, 0.6) is 0 Å². The van der Waals surface area contributed by atoms with Crippen LogP contribution in [0.3, 0.4) is 0 Å². The zero-order valence-corrected chi connectivity index (χ0v) is 19.7. The van der Waals surface area contributed by atoms with Crippen molar-refractivity contribution < 1.29 is 29.7 Å². The molecule has 0 saturated carbocycles. The quantitative estimate of drug-likeness (QED) is 0.201. The molecule has 0 heterocycles. The Kier molecular flexibility index (Phi) is 19.0. The molecule has 0 aromatic heterocycles. The van der Waals surface area contributed by atoms with E-state index in [0.29, 0.717) is 6.42 Å². The van der Waals surface area contributed by atoms with Crippen LogP contribution in [0.15, 0.2) is 24.3 Å². The number of hydrogen-bond donors (Lipinski definition) is 3. The van der Waals surface area contributed by atoms with Gasteiger partial charge in [0.05, 0.1) is 11.1 Å². The first-order valence-corrected chi connectivity index (χ1v) is 12.2. The number of carboxylic acid groups (broad SMARTS) is 3. The van der Waals surface area contributed by atoms with Crippen molar-refractivity contribution in [3.05, 3.63) is 35.4 Å². The Morgan fingerprint density at radius 2 is 0.812 bits per heavy atom. The molecule has 0 aliphatic rings. The van der Waals surface area contributed by atoms with Crippen molar-refractivity contribution in [3.8, 4) is 0 Å². The highest BCUT2D eigenvalue weighted by Crippen LogP contribution is 2.13. The molecule has 6 heteroatoms. The Hall–Kier alpha value is -2.37. The van der Waals surface area contributed by atoms with E-state index in [1.54, 1.807) is 0 Å². The lowest BCUT2D eigenvalue weighted by Gasteiger charge is -2.03. The van der Waals surface area contributed by atoms with E-state index in [1.165, 1.54) is 108 Å². The van der Waals surface area contributed by atoms with Gasteiger partial charge in [0.25, 0.3) is 0 Å². The lowest BCUT2D eigenvalue weighted by molar-refractivity contribution is -0.137. The van der Waals surface area contributed by atoms with Gasteiger partial charge in [0.2, 0.25) is 0 Å². The number of aliphatic carboxylic acids is 1. The minimum absolute atomic E-state index is 0.0833. The second-order valence-electron chi connectivity index (χ2n) is 8.28. The molecule has 0 unspecified atom stereocenters. The molecule has 0 radical (unpaired) electrons. The third-order valence-electron chi connectivity index (χ3n) is 5.37. The molecule has 0 saturated heterocycles. The van der Waals surface area contributed by atoms with Crippen LogP contribution in [-0.2, 0) is 4.79 Å². The third kappa shape index (κ3) is 18.4. The smallest absolute Gasteiger partial charge is 0.335 e. The molecule has 0 spiro atoms. The van der Waals surface area contributed by atoms with Gasteiger partial charge in [0.1, 0.15) is 0 Å². The topological polar surface area (TPSA) is 112 Å². The number of unbranched alkanes of at least 4 members (excludes halogenated alkanes) is 14. The highest BCUT2D eigenvalue weighted by atomic mass is 16.4. The predicted molar refractivity (Wildman–Crippen MR) is 128 cm³/mol. The molecule has 1 aromatic carbocycles. The molecule has 1 rings (SSSR count). The van der Waals surface area contributed by atoms with Crippen LogP contribution in [0.1, 0.15) is 130 Å². The minimum Gasteiger partial charge on any atom is -0.481 e. The lowest BCUT2D eigenvalue weighted by atomic mass is 10.0. The van der Waals surface area contributed by atoms with Crippen molar-refractivity contribution in [1.29, 1.82) is 0 Å². The average Bonchev–Trinajstić information content (AvgIpc) is 2.76. The molecule has 0 bridgehead atoms. The van der Waals surface area contributed by atoms with Gasteiger partial charge < -0.3 is 15.3 Å². The Bertz CT molecular complexity index is 591. The normalized spacial score (nSPS) is 10.3. The number of carboxylic acids is 3. The first-order chi connectivity index (χ1) is 15.4. The molecule has 0 aliphatic heterocycles. The van der Waals surface area contributed by atoms with Crippen molar-refractivity contribution in [3.63, 3.8) is 0 Å². The molecule has 0 amide bonds. The maximum Gasteiger partial charge on any atom is 0.335 e. The van der Waals surface area contributed by atoms with Crippen LogP contribution in [0.4, 0.5) is 0 Å². The average molecular weight is 451 g/mol. The number of aromatic carboxylic acids is 2. The predicted octanol–water partition coefficient (Wildman–Crippen LogP) is 7.42. The number of carbonyl (C=O) groups is 3. The summed E-state index contributed by atoms with van der Waals surface area (Å²) in [5.74, 6) is -2.78. The number of benzene rings is 1. The summed E-state index contributed by atoms with van der Waals surface area (Å²) in [4.78, 5) is 31.0. The van der Waals surface area contributed by atoms with Gasteiger partial charge in [0.15, 0.2) is 0 Å². The van der Waals surface area contributed by atoms with Gasteiger partial charge in [-0.2, -0.15) is 0 Å². The number of rotatable bonds is 18. The third-order valence-corrected chi connectivity index (χ3v) is 5.37. The fraction of sp³-hybridized carbons (Fsp3) is 0.654. The van der Waals surface area contributed by atoms with E-state index in [2.05, 4.69) is 6.92 Å². The van der Waals surface area contributed by atoms with E-state index >= 15 is 0 Å². The lowest BCUT2D eigenvalue weighted by Crippen LogP contribution is -1.99. The van der Waals surface area contributed by atoms with E-state index in [-0.39, 0.29) is 11.1 Å². The Labute approximate surface area is 193 Å². The zero-order chi connectivity index (χ0) is 24.0. The largest absolute Gasteiger partial charge is 0.481 e. The standard InChI is InChI=1S/C18H36O2.C8H6O4/c1-2-3-4-5-6-7-8-9-10-11-12-13-14-15-16-17-18(19)20;9-7(10)5-1-2-6(4-3-5)8(11)12/h2-17H2,1H3,(H,19,20);1-4H,(H,9,10)(H,11,12). The monoisotopic (exact) mass is 450 g/mol. The van der Waals surface area contributed by atoms with E-state index < -0.39 is 17.9 Å². The van der Waals surface area contributed by atoms with Crippen molar-refractivity contribution in [2.75, 3.05) is 0 Å². The van der Waals surface area contributed by atoms with Crippen LogP contribution in [0.25, 0.3) is 0 Å². The summed E-state index contributed by atoms with van der Waals surface area (Å²) in [7, 11) is 0. The summed E-state index contributed by atoms with van der Waals surface area (Å²) in [5, 5.41) is 25.5. The minimum atomic E-state index is -1.06. The van der Waals surface area contributed by atoms with Gasteiger partial charge in [-0.1, -0.05) is 96.8 Å². The Morgan fingerprint density at radius 3 is 1.06 bits per heavy atom. The summed E-state index contributed by atoms with van der Waals surface area (Å²) in [5.41, 5.74) is 0.167. The summed E-state index contributed by atoms with van der Waals surface area (Å²) in [6, 6.07) is 5.02. The van der Waals surface area contributed by atoms with Crippen LogP contribution in [-0.4, -0.2) is 33.2 Å². The second kappa shape index (κ2) is 20.5. The summed E-state index contributed by atoms with van der Waals surface area (Å²) >= 11 is 0. The number of hydrogen-bond acceptors (Lipinski definition) is 3. The van der Waals surface area contributed by atoms with Crippen molar-refractivity contribution in [1.82, 2.24) is 0 Å². The summed E-state index contributed by atoms with van der Waals surface area (Å²) < 4.78 is 0. The first-order valence-electron chi connectivity index (χ1n) is 12.2. The van der Waals surface area contributed by atoms with E-state index in [0.717, 1.165) is 12.8 Å². The molecule has 6 nitrogen and oxygen atoms in total.